The van der Waals surface area contributed by atoms with Gasteiger partial charge in [0.25, 0.3) is 0 Å². The lowest BCUT2D eigenvalue weighted by Crippen LogP contribution is -2.34. The molecule has 138 valence electrons. The Morgan fingerprint density at radius 1 is 1.27 bits per heavy atom. The number of anilines is 1. The van der Waals surface area contributed by atoms with E-state index in [-0.39, 0.29) is 18.0 Å². The van der Waals surface area contributed by atoms with E-state index >= 15 is 0 Å². The summed E-state index contributed by atoms with van der Waals surface area (Å²) in [4.78, 5) is 13.6. The monoisotopic (exact) mass is 396 g/mol. The molecule has 9 heteroatoms. The number of carbonyl (C=O) groups is 1. The van der Waals surface area contributed by atoms with Crippen LogP contribution >= 0.6 is 11.6 Å². The Morgan fingerprint density at radius 3 is 2.65 bits per heavy atom. The van der Waals surface area contributed by atoms with Crippen molar-refractivity contribution in [2.75, 3.05) is 25.1 Å². The number of sulfonamides is 1. The fraction of sp³-hybridized carbons (Fsp3) is 0.235. The number of benzene rings is 2. The molecule has 1 fully saturated rings. The van der Waals surface area contributed by atoms with Crippen LogP contribution < -0.4 is 14.4 Å². The molecule has 26 heavy (non-hydrogen) atoms. The van der Waals surface area contributed by atoms with Gasteiger partial charge in [0.15, 0.2) is 0 Å². The molecule has 2 aromatic carbocycles. The van der Waals surface area contributed by atoms with E-state index in [1.807, 2.05) is 0 Å². The third kappa shape index (κ3) is 4.09. The van der Waals surface area contributed by atoms with Crippen LogP contribution in [0.1, 0.15) is 0 Å². The number of carbonyl (C=O) groups excluding carboxylic acids is 1. The van der Waals surface area contributed by atoms with Crippen LogP contribution in [-0.2, 0) is 14.8 Å². The van der Waals surface area contributed by atoms with Gasteiger partial charge in [0.1, 0.15) is 11.9 Å². The number of nitrogens with zero attached hydrogens (tertiary/aromatic N) is 1. The first-order chi connectivity index (χ1) is 12.4. The zero-order valence-electron chi connectivity index (χ0n) is 13.9. The molecule has 0 aliphatic carbocycles. The van der Waals surface area contributed by atoms with Crippen molar-refractivity contribution in [1.29, 1.82) is 0 Å². The topological polar surface area (TPSA) is 84.9 Å². The summed E-state index contributed by atoms with van der Waals surface area (Å²) in [5.41, 5.74) is 0.600. The summed E-state index contributed by atoms with van der Waals surface area (Å²) in [7, 11) is -2.21. The SMILES string of the molecule is COc1ccc(S(=O)(=O)NCC2CN(c3cccc(Cl)c3)C(=O)O2)cc1. The van der Waals surface area contributed by atoms with Gasteiger partial charge in [-0.2, -0.15) is 0 Å². The number of halogens is 1. The van der Waals surface area contributed by atoms with E-state index < -0.39 is 22.2 Å². The van der Waals surface area contributed by atoms with Crippen molar-refractivity contribution in [1.82, 2.24) is 4.72 Å². The van der Waals surface area contributed by atoms with Crippen molar-refractivity contribution in [3.8, 4) is 5.75 Å². The van der Waals surface area contributed by atoms with Crippen LogP contribution in [0.3, 0.4) is 0 Å². The van der Waals surface area contributed by atoms with Gasteiger partial charge in [-0.05, 0) is 42.5 Å². The molecule has 0 aromatic heterocycles. The normalized spacial score (nSPS) is 17.2. The van der Waals surface area contributed by atoms with Crippen molar-refractivity contribution in [2.24, 2.45) is 0 Å². The number of nitrogens with one attached hydrogen (secondary N) is 1. The van der Waals surface area contributed by atoms with E-state index in [2.05, 4.69) is 4.72 Å². The van der Waals surface area contributed by atoms with E-state index in [4.69, 9.17) is 21.1 Å². The Kier molecular flexibility index (Phi) is 5.36. The summed E-state index contributed by atoms with van der Waals surface area (Å²) in [5, 5.41) is 0.499. The zero-order valence-corrected chi connectivity index (χ0v) is 15.5. The van der Waals surface area contributed by atoms with Crippen LogP contribution in [0.25, 0.3) is 0 Å². The number of hydrogen-bond donors (Lipinski definition) is 1. The summed E-state index contributed by atoms with van der Waals surface area (Å²) in [6, 6.07) is 12.8. The first-order valence-electron chi connectivity index (χ1n) is 7.76. The highest BCUT2D eigenvalue weighted by atomic mass is 35.5. The second-order valence-corrected chi connectivity index (χ2v) is 7.83. The lowest BCUT2D eigenvalue weighted by atomic mass is 10.3. The number of amides is 1. The minimum atomic E-state index is -3.72. The lowest BCUT2D eigenvalue weighted by Gasteiger charge is -2.13. The van der Waals surface area contributed by atoms with Gasteiger partial charge in [-0.3, -0.25) is 4.90 Å². The van der Waals surface area contributed by atoms with E-state index in [1.165, 1.54) is 24.1 Å². The molecule has 1 aliphatic rings. The molecule has 1 heterocycles. The molecule has 1 atom stereocenters. The highest BCUT2D eigenvalue weighted by molar-refractivity contribution is 7.89. The maximum absolute atomic E-state index is 12.3. The quantitative estimate of drug-likeness (QED) is 0.811. The van der Waals surface area contributed by atoms with Crippen molar-refractivity contribution < 1.29 is 22.7 Å². The molecule has 3 rings (SSSR count). The molecule has 0 bridgehead atoms. The van der Waals surface area contributed by atoms with Crippen molar-refractivity contribution in [3.63, 3.8) is 0 Å². The van der Waals surface area contributed by atoms with Crippen molar-refractivity contribution in [2.45, 2.75) is 11.0 Å². The Bertz CT molecular complexity index is 902. The number of methoxy groups -OCH3 is 1. The van der Waals surface area contributed by atoms with Gasteiger partial charge in [0, 0.05) is 17.3 Å². The zero-order chi connectivity index (χ0) is 18.7. The molecular weight excluding hydrogens is 380 g/mol. The van der Waals surface area contributed by atoms with Crippen LogP contribution in [-0.4, -0.2) is 40.8 Å². The highest BCUT2D eigenvalue weighted by Gasteiger charge is 2.33. The summed E-state index contributed by atoms with van der Waals surface area (Å²) in [6.45, 7) is 0.196. The maximum atomic E-state index is 12.3. The first kappa shape index (κ1) is 18.5. The third-order valence-corrected chi connectivity index (χ3v) is 5.54. The van der Waals surface area contributed by atoms with Gasteiger partial charge in [-0.25, -0.2) is 17.9 Å². The van der Waals surface area contributed by atoms with E-state index in [9.17, 15) is 13.2 Å². The van der Waals surface area contributed by atoms with Crippen LogP contribution in [0.4, 0.5) is 10.5 Å². The molecule has 1 unspecified atom stereocenters. The number of cyclic esters (lactones) is 1. The molecular formula is C17H17ClN2O5S. The van der Waals surface area contributed by atoms with Gasteiger partial charge in [0.05, 0.1) is 18.6 Å². The summed E-state index contributed by atoms with van der Waals surface area (Å²) < 4.78 is 37.4. The molecule has 7 nitrogen and oxygen atoms in total. The van der Waals surface area contributed by atoms with Crippen LogP contribution in [0.15, 0.2) is 53.4 Å². The first-order valence-corrected chi connectivity index (χ1v) is 9.62. The Labute approximate surface area is 156 Å². The van der Waals surface area contributed by atoms with E-state index in [0.717, 1.165) is 0 Å². The minimum absolute atomic E-state index is 0.0306. The number of ether oxygens (including phenoxy) is 2. The van der Waals surface area contributed by atoms with Crippen LogP contribution in [0.2, 0.25) is 5.02 Å². The fourth-order valence-electron chi connectivity index (χ4n) is 2.52. The number of rotatable bonds is 6. The molecule has 0 radical (unpaired) electrons. The van der Waals surface area contributed by atoms with Crippen LogP contribution in [0.5, 0.6) is 5.75 Å². The van der Waals surface area contributed by atoms with Gasteiger partial charge < -0.3 is 9.47 Å². The molecule has 1 amide bonds. The number of hydrogen-bond acceptors (Lipinski definition) is 5. The third-order valence-electron chi connectivity index (χ3n) is 3.86. The molecule has 0 spiro atoms. The van der Waals surface area contributed by atoms with Gasteiger partial charge in [-0.1, -0.05) is 17.7 Å². The molecule has 1 saturated heterocycles. The van der Waals surface area contributed by atoms with Crippen LogP contribution in [0, 0.1) is 0 Å². The van der Waals surface area contributed by atoms with Crippen molar-refractivity contribution >= 4 is 33.4 Å². The van der Waals surface area contributed by atoms with Gasteiger partial charge in [-0.15, -0.1) is 0 Å². The molecule has 1 aliphatic heterocycles. The fourth-order valence-corrected chi connectivity index (χ4v) is 3.77. The van der Waals surface area contributed by atoms with Crippen molar-refractivity contribution in [3.05, 3.63) is 53.6 Å². The summed E-state index contributed by atoms with van der Waals surface area (Å²) in [6.07, 6.45) is -1.14. The van der Waals surface area contributed by atoms with E-state index in [0.29, 0.717) is 16.5 Å². The molecule has 2 aromatic rings. The minimum Gasteiger partial charge on any atom is -0.497 e. The van der Waals surface area contributed by atoms with E-state index in [1.54, 1.807) is 36.4 Å². The smallest absolute Gasteiger partial charge is 0.414 e. The largest absolute Gasteiger partial charge is 0.497 e. The molecule has 0 saturated carbocycles. The second kappa shape index (κ2) is 7.53. The van der Waals surface area contributed by atoms with Gasteiger partial charge >= 0.3 is 6.09 Å². The maximum Gasteiger partial charge on any atom is 0.414 e. The standard InChI is InChI=1S/C17H17ClN2O5S/c1-24-14-5-7-16(8-6-14)26(22,23)19-10-15-11-20(17(21)25-15)13-4-2-3-12(18)9-13/h2-9,15,19H,10-11H2,1H3. The van der Waals surface area contributed by atoms with Gasteiger partial charge in [0.2, 0.25) is 10.0 Å². The highest BCUT2D eigenvalue weighted by Crippen LogP contribution is 2.24. The predicted molar refractivity (Wildman–Crippen MR) is 97.2 cm³/mol. The second-order valence-electron chi connectivity index (χ2n) is 5.62. The Hall–Kier alpha value is -2.29. The Morgan fingerprint density at radius 2 is 2.00 bits per heavy atom. The predicted octanol–water partition coefficient (Wildman–Crippen LogP) is 2.65. The lowest BCUT2D eigenvalue weighted by molar-refractivity contribution is 0.143. The average molecular weight is 397 g/mol. The average Bonchev–Trinajstić information content (AvgIpc) is 3.01. The molecule has 1 N–H and O–H groups in total. The summed E-state index contributed by atoms with van der Waals surface area (Å²) >= 11 is 5.94. The Balaban J connectivity index is 1.63. The summed E-state index contributed by atoms with van der Waals surface area (Å²) in [5.74, 6) is 0.561.